The fraction of sp³-hybridized carbons (Fsp3) is 0.533. The van der Waals surface area contributed by atoms with E-state index >= 15 is 0 Å². The number of para-hydroxylation sites is 1. The average molecular weight is 262 g/mol. The Morgan fingerprint density at radius 2 is 2.16 bits per heavy atom. The predicted molar refractivity (Wildman–Crippen MR) is 76.7 cm³/mol. The molecule has 1 aromatic rings. The van der Waals surface area contributed by atoms with Gasteiger partial charge in [-0.25, -0.2) is 0 Å². The quantitative estimate of drug-likeness (QED) is 0.851. The zero-order chi connectivity index (χ0) is 14.0. The summed E-state index contributed by atoms with van der Waals surface area (Å²) in [7, 11) is 0. The van der Waals surface area contributed by atoms with Gasteiger partial charge in [0.15, 0.2) is 0 Å². The van der Waals surface area contributed by atoms with Crippen molar-refractivity contribution in [3.63, 3.8) is 0 Å². The number of fused-ring (bicyclic) bond motifs is 1. The zero-order valence-corrected chi connectivity index (χ0v) is 11.8. The minimum absolute atomic E-state index is 0.138. The fourth-order valence-electron chi connectivity index (χ4n) is 2.76. The molecule has 1 aliphatic rings. The minimum atomic E-state index is -0.925. The summed E-state index contributed by atoms with van der Waals surface area (Å²) >= 11 is 0. The van der Waals surface area contributed by atoms with E-state index in [9.17, 15) is 9.90 Å². The number of nitrogens with one attached hydrogen (secondary N) is 1. The molecular formula is C15H22N2O2. The number of rotatable bonds is 5. The molecule has 1 aromatic carbocycles. The van der Waals surface area contributed by atoms with Gasteiger partial charge in [0.2, 0.25) is 0 Å². The summed E-state index contributed by atoms with van der Waals surface area (Å²) in [5.41, 5.74) is 1.55. The van der Waals surface area contributed by atoms with Gasteiger partial charge in [-0.05, 0) is 38.8 Å². The molecule has 1 unspecified atom stereocenters. The van der Waals surface area contributed by atoms with Gasteiger partial charge >= 0.3 is 5.97 Å². The molecule has 0 radical (unpaired) electrons. The average Bonchev–Trinajstić information content (AvgIpc) is 2.71. The Balaban J connectivity index is 2.18. The number of nitrogens with zero attached hydrogens (tertiary/aromatic N) is 1. The van der Waals surface area contributed by atoms with Crippen LogP contribution in [-0.2, 0) is 11.2 Å². The molecule has 4 nitrogen and oxygen atoms in total. The molecule has 0 aliphatic carbocycles. The lowest BCUT2D eigenvalue weighted by Gasteiger charge is -2.34. The number of benzene rings is 1. The Labute approximate surface area is 114 Å². The fourth-order valence-corrected chi connectivity index (χ4v) is 2.76. The lowest BCUT2D eigenvalue weighted by atomic mass is 10.0. The number of aliphatic carboxylic acids is 1. The van der Waals surface area contributed by atoms with Crippen molar-refractivity contribution in [2.75, 3.05) is 18.0 Å². The smallest absolute Gasteiger partial charge is 0.325 e. The highest BCUT2D eigenvalue weighted by molar-refractivity contribution is 5.79. The monoisotopic (exact) mass is 262 g/mol. The van der Waals surface area contributed by atoms with E-state index in [0.29, 0.717) is 6.54 Å². The van der Waals surface area contributed by atoms with E-state index in [-0.39, 0.29) is 6.04 Å². The summed E-state index contributed by atoms with van der Waals surface area (Å²) in [5, 5.41) is 12.7. The number of hydrogen-bond donors (Lipinski definition) is 2. The van der Waals surface area contributed by atoms with Crippen molar-refractivity contribution in [2.24, 2.45) is 0 Å². The van der Waals surface area contributed by atoms with Crippen molar-refractivity contribution in [3.05, 3.63) is 29.8 Å². The van der Waals surface area contributed by atoms with Gasteiger partial charge in [0.05, 0.1) is 0 Å². The standard InChI is InChI=1S/C15H22N2O2/c1-11(2)16-15(3,14(18)19)10-17-9-8-12-6-4-5-7-13(12)17/h4-7,11,16H,8-10H2,1-3H3,(H,18,19). The summed E-state index contributed by atoms with van der Waals surface area (Å²) in [4.78, 5) is 13.7. The van der Waals surface area contributed by atoms with Crippen LogP contribution in [0.5, 0.6) is 0 Å². The van der Waals surface area contributed by atoms with Crippen LogP contribution in [0.4, 0.5) is 5.69 Å². The number of hydrogen-bond acceptors (Lipinski definition) is 3. The highest BCUT2D eigenvalue weighted by atomic mass is 16.4. The second-order valence-electron chi connectivity index (χ2n) is 5.74. The second-order valence-corrected chi connectivity index (χ2v) is 5.74. The van der Waals surface area contributed by atoms with Crippen molar-refractivity contribution in [3.8, 4) is 0 Å². The Kier molecular flexibility index (Phi) is 3.80. The van der Waals surface area contributed by atoms with Crippen molar-refractivity contribution in [1.29, 1.82) is 0 Å². The molecule has 1 heterocycles. The van der Waals surface area contributed by atoms with Gasteiger partial charge in [-0.1, -0.05) is 18.2 Å². The molecule has 104 valence electrons. The van der Waals surface area contributed by atoms with Crippen LogP contribution in [0.25, 0.3) is 0 Å². The van der Waals surface area contributed by atoms with E-state index in [2.05, 4.69) is 22.3 Å². The van der Waals surface area contributed by atoms with Crippen LogP contribution in [0.1, 0.15) is 26.3 Å². The maximum Gasteiger partial charge on any atom is 0.325 e. The van der Waals surface area contributed by atoms with Crippen LogP contribution in [-0.4, -0.2) is 35.7 Å². The Morgan fingerprint density at radius 1 is 1.47 bits per heavy atom. The van der Waals surface area contributed by atoms with Crippen LogP contribution in [0, 0.1) is 0 Å². The van der Waals surface area contributed by atoms with Gasteiger partial charge in [-0.15, -0.1) is 0 Å². The van der Waals surface area contributed by atoms with Crippen molar-refractivity contribution in [1.82, 2.24) is 5.32 Å². The third-order valence-corrected chi connectivity index (χ3v) is 3.57. The SMILES string of the molecule is CC(C)NC(C)(CN1CCc2ccccc21)C(=O)O. The van der Waals surface area contributed by atoms with Gasteiger partial charge in [0.1, 0.15) is 5.54 Å². The van der Waals surface area contributed by atoms with Crippen molar-refractivity contribution in [2.45, 2.75) is 38.8 Å². The molecular weight excluding hydrogens is 240 g/mol. The summed E-state index contributed by atoms with van der Waals surface area (Å²) in [6, 6.07) is 8.36. The van der Waals surface area contributed by atoms with Crippen LogP contribution in [0.3, 0.4) is 0 Å². The van der Waals surface area contributed by atoms with Crippen molar-refractivity contribution >= 4 is 11.7 Å². The third kappa shape index (κ3) is 2.89. The zero-order valence-electron chi connectivity index (χ0n) is 11.8. The molecule has 1 aliphatic heterocycles. The third-order valence-electron chi connectivity index (χ3n) is 3.57. The van der Waals surface area contributed by atoms with Crippen LogP contribution >= 0.6 is 0 Å². The van der Waals surface area contributed by atoms with E-state index in [0.717, 1.165) is 13.0 Å². The molecule has 0 bridgehead atoms. The van der Waals surface area contributed by atoms with E-state index in [4.69, 9.17) is 0 Å². The topological polar surface area (TPSA) is 52.6 Å². The maximum absolute atomic E-state index is 11.6. The number of anilines is 1. The van der Waals surface area contributed by atoms with E-state index in [1.807, 2.05) is 26.0 Å². The van der Waals surface area contributed by atoms with Crippen LogP contribution < -0.4 is 10.2 Å². The van der Waals surface area contributed by atoms with Crippen LogP contribution in [0.15, 0.2) is 24.3 Å². The first kappa shape index (κ1) is 13.9. The van der Waals surface area contributed by atoms with Gasteiger partial charge in [0.25, 0.3) is 0 Å². The Morgan fingerprint density at radius 3 is 2.79 bits per heavy atom. The molecule has 1 atom stereocenters. The van der Waals surface area contributed by atoms with Gasteiger partial charge in [-0.3, -0.25) is 10.1 Å². The maximum atomic E-state index is 11.6. The highest BCUT2D eigenvalue weighted by Gasteiger charge is 2.37. The molecule has 4 heteroatoms. The van der Waals surface area contributed by atoms with Gasteiger partial charge in [-0.2, -0.15) is 0 Å². The number of carboxylic acid groups (broad SMARTS) is 1. The molecule has 0 amide bonds. The van der Waals surface area contributed by atoms with Gasteiger partial charge < -0.3 is 10.0 Å². The summed E-state index contributed by atoms with van der Waals surface area (Å²) in [6.45, 7) is 7.08. The minimum Gasteiger partial charge on any atom is -0.480 e. The lowest BCUT2D eigenvalue weighted by Crippen LogP contribution is -2.58. The number of carbonyl (C=O) groups is 1. The molecule has 2 N–H and O–H groups in total. The highest BCUT2D eigenvalue weighted by Crippen LogP contribution is 2.28. The first-order chi connectivity index (χ1) is 8.92. The molecule has 0 aromatic heterocycles. The van der Waals surface area contributed by atoms with E-state index in [1.165, 1.54) is 11.3 Å². The largest absolute Gasteiger partial charge is 0.480 e. The summed E-state index contributed by atoms with van der Waals surface area (Å²) < 4.78 is 0. The van der Waals surface area contributed by atoms with E-state index < -0.39 is 11.5 Å². The molecule has 0 saturated heterocycles. The molecule has 0 spiro atoms. The van der Waals surface area contributed by atoms with E-state index in [1.54, 1.807) is 6.92 Å². The van der Waals surface area contributed by atoms with Gasteiger partial charge in [0, 0.05) is 24.8 Å². The molecule has 0 saturated carbocycles. The molecule has 2 rings (SSSR count). The first-order valence-electron chi connectivity index (χ1n) is 6.76. The first-order valence-corrected chi connectivity index (χ1v) is 6.76. The number of carboxylic acids is 1. The van der Waals surface area contributed by atoms with Crippen LogP contribution in [0.2, 0.25) is 0 Å². The lowest BCUT2D eigenvalue weighted by molar-refractivity contribution is -0.144. The normalized spacial score (nSPS) is 17.4. The molecule has 19 heavy (non-hydrogen) atoms. The summed E-state index contributed by atoms with van der Waals surface area (Å²) in [6.07, 6.45) is 0.994. The Hall–Kier alpha value is -1.55. The molecule has 0 fully saturated rings. The predicted octanol–water partition coefficient (Wildman–Crippen LogP) is 1.89. The Bertz CT molecular complexity index is 473. The van der Waals surface area contributed by atoms with Crippen molar-refractivity contribution < 1.29 is 9.90 Å². The second kappa shape index (κ2) is 5.21. The summed E-state index contributed by atoms with van der Waals surface area (Å²) in [5.74, 6) is -0.800.